The molecule has 0 unspecified atom stereocenters. The molecule has 0 atom stereocenters. The minimum atomic E-state index is -0.981. The van der Waals surface area contributed by atoms with E-state index in [1.807, 2.05) is 40.8 Å². The number of hydrogen-bond donors (Lipinski definition) is 1. The molecule has 1 saturated heterocycles. The normalized spacial score (nSPS) is 14.6. The summed E-state index contributed by atoms with van der Waals surface area (Å²) in [7, 11) is 0. The molecule has 0 radical (unpaired) electrons. The van der Waals surface area contributed by atoms with E-state index in [4.69, 9.17) is 19.0 Å². The maximum Gasteiger partial charge on any atom is 0.335 e. The Kier molecular flexibility index (Phi) is 6.30. The van der Waals surface area contributed by atoms with Gasteiger partial charge < -0.3 is 23.7 Å². The van der Waals surface area contributed by atoms with Crippen LogP contribution in [-0.4, -0.2) is 45.1 Å². The van der Waals surface area contributed by atoms with Gasteiger partial charge in [0.1, 0.15) is 17.2 Å². The van der Waals surface area contributed by atoms with Crippen LogP contribution in [0, 0.1) is 20.8 Å². The van der Waals surface area contributed by atoms with E-state index in [1.165, 1.54) is 0 Å². The zero-order valence-corrected chi connectivity index (χ0v) is 21.3. The lowest BCUT2D eigenvalue weighted by atomic mass is 9.96. The second kappa shape index (κ2) is 9.43. The second-order valence-corrected chi connectivity index (χ2v) is 9.73. The minimum absolute atomic E-state index is 0.118. The molecule has 1 fully saturated rings. The molecular weight excluding hydrogens is 458 g/mol. The topological polar surface area (TPSA) is 99.6 Å². The van der Waals surface area contributed by atoms with Crippen LogP contribution < -0.4 is 4.74 Å². The van der Waals surface area contributed by atoms with Crippen molar-refractivity contribution in [1.29, 1.82) is 0 Å². The van der Waals surface area contributed by atoms with Gasteiger partial charge in [-0.1, -0.05) is 5.16 Å². The van der Waals surface area contributed by atoms with Gasteiger partial charge in [0.25, 0.3) is 0 Å². The van der Waals surface area contributed by atoms with Gasteiger partial charge in [0.15, 0.2) is 0 Å². The average Bonchev–Trinajstić information content (AvgIpc) is 3.38. The molecular formula is C28H31N3O5. The Morgan fingerprint density at radius 1 is 1.14 bits per heavy atom. The largest absolute Gasteiger partial charge is 0.490 e. The van der Waals surface area contributed by atoms with E-state index in [9.17, 15) is 9.90 Å². The number of ether oxygens (including phenoxy) is 2. The highest BCUT2D eigenvalue weighted by Gasteiger charge is 2.25. The molecule has 188 valence electrons. The molecule has 8 heteroatoms. The molecule has 8 nitrogen and oxygen atoms in total. The first-order valence-electron chi connectivity index (χ1n) is 12.3. The van der Waals surface area contributed by atoms with Crippen LogP contribution in [-0.2, 0) is 4.74 Å². The molecule has 1 N–H and O–H groups in total. The van der Waals surface area contributed by atoms with Gasteiger partial charge in [-0.3, -0.25) is 0 Å². The van der Waals surface area contributed by atoms with Crippen molar-refractivity contribution in [2.75, 3.05) is 13.2 Å². The Morgan fingerprint density at radius 2 is 1.89 bits per heavy atom. The Bertz CT molecular complexity index is 1420. The van der Waals surface area contributed by atoms with Crippen molar-refractivity contribution in [3.05, 3.63) is 53.2 Å². The van der Waals surface area contributed by atoms with Crippen LogP contribution in [0.3, 0.4) is 0 Å². The number of benzene rings is 1. The summed E-state index contributed by atoms with van der Waals surface area (Å²) in [5.41, 5.74) is 6.43. The number of nitrogens with zero attached hydrogens (tertiary/aromatic N) is 3. The highest BCUT2D eigenvalue weighted by Crippen LogP contribution is 2.42. The van der Waals surface area contributed by atoms with Gasteiger partial charge in [-0.2, -0.15) is 0 Å². The van der Waals surface area contributed by atoms with Crippen molar-refractivity contribution in [1.82, 2.24) is 14.7 Å². The third-order valence-electron chi connectivity index (χ3n) is 6.75. The molecule has 0 amide bonds. The number of carbonyl (C=O) groups is 1. The van der Waals surface area contributed by atoms with Gasteiger partial charge >= 0.3 is 5.97 Å². The Balaban J connectivity index is 1.79. The van der Waals surface area contributed by atoms with E-state index in [-0.39, 0.29) is 17.7 Å². The molecule has 0 aliphatic carbocycles. The van der Waals surface area contributed by atoms with E-state index in [1.54, 1.807) is 12.1 Å². The van der Waals surface area contributed by atoms with Gasteiger partial charge in [0, 0.05) is 59.3 Å². The third kappa shape index (κ3) is 4.26. The molecule has 1 aliphatic rings. The number of hydrogen-bond acceptors (Lipinski definition) is 6. The van der Waals surface area contributed by atoms with Crippen LogP contribution in [0.25, 0.3) is 33.3 Å². The van der Waals surface area contributed by atoms with Gasteiger partial charge in [-0.05, 0) is 71.2 Å². The number of aromatic nitrogens is 3. The molecule has 36 heavy (non-hydrogen) atoms. The SMILES string of the molecule is Cc1cc(C(=O)O)cc(OC(C)C)c1-c1cn(C2CCOCC2)c2ncc(-c3c(C)noc3C)cc12. The predicted molar refractivity (Wildman–Crippen MR) is 137 cm³/mol. The van der Waals surface area contributed by atoms with Crippen molar-refractivity contribution >= 4 is 17.0 Å². The maximum absolute atomic E-state index is 11.8. The monoisotopic (exact) mass is 489 g/mol. The van der Waals surface area contributed by atoms with Crippen LogP contribution in [0.1, 0.15) is 60.1 Å². The number of aromatic carboxylic acids is 1. The summed E-state index contributed by atoms with van der Waals surface area (Å²) in [5, 5.41) is 14.8. The van der Waals surface area contributed by atoms with Crippen molar-refractivity contribution in [3.8, 4) is 28.0 Å². The number of pyridine rings is 1. The Hall–Kier alpha value is -3.65. The molecule has 0 saturated carbocycles. The number of carboxylic acid groups (broad SMARTS) is 1. The van der Waals surface area contributed by atoms with E-state index in [2.05, 4.69) is 22.0 Å². The predicted octanol–water partition coefficient (Wildman–Crippen LogP) is 6.12. The number of aryl methyl sites for hydroxylation is 3. The molecule has 5 rings (SSSR count). The summed E-state index contributed by atoms with van der Waals surface area (Å²) in [6, 6.07) is 5.71. The zero-order chi connectivity index (χ0) is 25.6. The molecule has 0 spiro atoms. The molecule has 1 aromatic carbocycles. The number of fused-ring (bicyclic) bond motifs is 1. The summed E-state index contributed by atoms with van der Waals surface area (Å²) >= 11 is 0. The van der Waals surface area contributed by atoms with Gasteiger partial charge in [0.2, 0.25) is 0 Å². The first kappa shape index (κ1) is 24.1. The maximum atomic E-state index is 11.8. The van der Waals surface area contributed by atoms with Crippen LogP contribution in [0.2, 0.25) is 0 Å². The molecule has 0 bridgehead atoms. The van der Waals surface area contributed by atoms with Crippen molar-refractivity contribution in [2.45, 2.75) is 59.6 Å². The van der Waals surface area contributed by atoms with Crippen LogP contribution in [0.4, 0.5) is 0 Å². The lowest BCUT2D eigenvalue weighted by Crippen LogP contribution is -2.19. The first-order valence-corrected chi connectivity index (χ1v) is 12.3. The Morgan fingerprint density at radius 3 is 2.53 bits per heavy atom. The summed E-state index contributed by atoms with van der Waals surface area (Å²) in [4.78, 5) is 16.7. The number of rotatable bonds is 6. The molecule has 3 aromatic heterocycles. The first-order chi connectivity index (χ1) is 17.2. The quantitative estimate of drug-likeness (QED) is 0.348. The van der Waals surface area contributed by atoms with Crippen molar-refractivity contribution in [2.24, 2.45) is 0 Å². The fourth-order valence-corrected chi connectivity index (χ4v) is 5.17. The van der Waals surface area contributed by atoms with Crippen molar-refractivity contribution in [3.63, 3.8) is 0 Å². The summed E-state index contributed by atoms with van der Waals surface area (Å²) in [5.74, 6) is 0.311. The Labute approximate surface area is 209 Å². The smallest absolute Gasteiger partial charge is 0.335 e. The van der Waals surface area contributed by atoms with Crippen LogP contribution in [0.5, 0.6) is 5.75 Å². The highest BCUT2D eigenvalue weighted by molar-refractivity contribution is 6.00. The summed E-state index contributed by atoms with van der Waals surface area (Å²) in [6.45, 7) is 11.1. The lowest BCUT2D eigenvalue weighted by molar-refractivity contribution is 0.0695. The van der Waals surface area contributed by atoms with E-state index in [0.29, 0.717) is 19.0 Å². The molecule has 4 aromatic rings. The van der Waals surface area contributed by atoms with E-state index >= 15 is 0 Å². The van der Waals surface area contributed by atoms with E-state index < -0.39 is 5.97 Å². The van der Waals surface area contributed by atoms with E-state index in [0.717, 1.165) is 63.1 Å². The van der Waals surface area contributed by atoms with Gasteiger partial charge in [-0.15, -0.1) is 0 Å². The number of carboxylic acids is 1. The summed E-state index contributed by atoms with van der Waals surface area (Å²) in [6.07, 6.45) is 5.71. The van der Waals surface area contributed by atoms with Crippen LogP contribution >= 0.6 is 0 Å². The molecule has 1 aliphatic heterocycles. The molecule has 4 heterocycles. The fraction of sp³-hybridized carbons (Fsp3) is 0.393. The van der Waals surface area contributed by atoms with Gasteiger partial charge in [0.05, 0.1) is 17.4 Å². The average molecular weight is 490 g/mol. The van der Waals surface area contributed by atoms with Crippen molar-refractivity contribution < 1.29 is 23.9 Å². The standard InChI is InChI=1S/C28H31N3O5/c1-15(2)35-24-12-19(28(32)33)10-16(3)25(24)23-14-31(21-6-8-34-9-7-21)27-22(23)11-20(13-29-27)26-17(4)30-36-18(26)5/h10-15,21H,6-9H2,1-5H3,(H,32,33). The minimum Gasteiger partial charge on any atom is -0.490 e. The highest BCUT2D eigenvalue weighted by atomic mass is 16.5. The third-order valence-corrected chi connectivity index (χ3v) is 6.75. The summed E-state index contributed by atoms with van der Waals surface area (Å²) < 4.78 is 19.5. The zero-order valence-electron chi connectivity index (χ0n) is 21.3. The fourth-order valence-electron chi connectivity index (χ4n) is 5.17. The van der Waals surface area contributed by atoms with Crippen LogP contribution in [0.15, 0.2) is 35.1 Å². The van der Waals surface area contributed by atoms with Gasteiger partial charge in [-0.25, -0.2) is 9.78 Å². The second-order valence-electron chi connectivity index (χ2n) is 9.73. The lowest BCUT2D eigenvalue weighted by Gasteiger charge is -2.24.